The molecule has 2 aromatic rings. The first kappa shape index (κ1) is 16.7. The number of aromatic nitrogens is 2. The Balaban J connectivity index is 1.88. The van der Waals surface area contributed by atoms with Crippen LogP contribution in [0.5, 0.6) is 0 Å². The van der Waals surface area contributed by atoms with Crippen LogP contribution in [-0.2, 0) is 19.3 Å². The molecule has 0 unspecified atom stereocenters. The fourth-order valence-corrected chi connectivity index (χ4v) is 3.41. The molecule has 1 aromatic heterocycles. The minimum Gasteiger partial charge on any atom is -0.357 e. The van der Waals surface area contributed by atoms with Crippen molar-refractivity contribution in [1.82, 2.24) is 9.97 Å². The minimum atomic E-state index is 0.709. The van der Waals surface area contributed by atoms with Gasteiger partial charge in [-0.2, -0.15) is 4.98 Å². The summed E-state index contributed by atoms with van der Waals surface area (Å²) < 4.78 is 0. The monoisotopic (exact) mass is 324 g/mol. The van der Waals surface area contributed by atoms with Gasteiger partial charge in [0.05, 0.1) is 0 Å². The smallest absolute Gasteiger partial charge is 0.229 e. The van der Waals surface area contributed by atoms with Gasteiger partial charge in [0.2, 0.25) is 5.95 Å². The molecule has 3 rings (SSSR count). The highest BCUT2D eigenvalue weighted by Gasteiger charge is 2.13. The molecule has 0 saturated heterocycles. The summed E-state index contributed by atoms with van der Waals surface area (Å²) in [6.07, 6.45) is 5.74. The van der Waals surface area contributed by atoms with Gasteiger partial charge in [0.25, 0.3) is 0 Å². The van der Waals surface area contributed by atoms with Crippen LogP contribution in [-0.4, -0.2) is 23.1 Å². The van der Waals surface area contributed by atoms with E-state index in [-0.39, 0.29) is 0 Å². The molecule has 0 atom stereocenters. The first-order valence-corrected chi connectivity index (χ1v) is 9.25. The number of hydrogen-bond acceptors (Lipinski definition) is 4. The van der Waals surface area contributed by atoms with E-state index in [4.69, 9.17) is 9.97 Å². The van der Waals surface area contributed by atoms with Crippen molar-refractivity contribution in [2.75, 3.05) is 23.3 Å². The third-order valence-electron chi connectivity index (χ3n) is 4.71. The van der Waals surface area contributed by atoms with Crippen molar-refractivity contribution in [3.05, 3.63) is 41.1 Å². The Morgan fingerprint density at radius 3 is 2.54 bits per heavy atom. The number of nitrogens with one attached hydrogen (secondary N) is 1. The Hall–Kier alpha value is -2.10. The zero-order valence-corrected chi connectivity index (χ0v) is 15.1. The summed E-state index contributed by atoms with van der Waals surface area (Å²) in [5, 5.41) is 3.43. The molecule has 0 saturated carbocycles. The molecule has 1 aromatic carbocycles. The first-order valence-electron chi connectivity index (χ1n) is 9.25. The van der Waals surface area contributed by atoms with Crippen LogP contribution in [0.25, 0.3) is 0 Å². The molecule has 0 fully saturated rings. The van der Waals surface area contributed by atoms with Crippen LogP contribution < -0.4 is 10.2 Å². The normalized spacial score (nSPS) is 13.0. The van der Waals surface area contributed by atoms with Crippen LogP contribution >= 0.6 is 0 Å². The summed E-state index contributed by atoms with van der Waals surface area (Å²) >= 11 is 0. The summed E-state index contributed by atoms with van der Waals surface area (Å²) in [7, 11) is 0. The van der Waals surface area contributed by atoms with Crippen LogP contribution in [0.1, 0.15) is 50.4 Å². The second kappa shape index (κ2) is 7.65. The van der Waals surface area contributed by atoms with Crippen LogP contribution in [0.3, 0.4) is 0 Å². The average Bonchev–Trinajstić information content (AvgIpc) is 3.04. The molecule has 24 heavy (non-hydrogen) atoms. The maximum absolute atomic E-state index is 4.75. The number of rotatable bonds is 7. The van der Waals surface area contributed by atoms with Crippen molar-refractivity contribution < 1.29 is 0 Å². The van der Waals surface area contributed by atoms with Crippen LogP contribution in [0.15, 0.2) is 24.3 Å². The standard InChI is InChI=1S/C20H28N4/c1-4-8-17-14-19(24(5-2)6-3)23-20(21-17)22-18-12-11-15-9-7-10-16(15)13-18/h11-14H,4-10H2,1-3H3,(H,21,22,23). The largest absolute Gasteiger partial charge is 0.357 e. The SMILES string of the molecule is CCCc1cc(N(CC)CC)nc(Nc2ccc3c(c2)CCC3)n1. The van der Waals surface area contributed by atoms with E-state index in [1.165, 1.54) is 30.4 Å². The van der Waals surface area contributed by atoms with Gasteiger partial charge in [0.1, 0.15) is 5.82 Å². The van der Waals surface area contributed by atoms with Crippen molar-refractivity contribution >= 4 is 17.5 Å². The van der Waals surface area contributed by atoms with E-state index < -0.39 is 0 Å². The van der Waals surface area contributed by atoms with Crippen molar-refractivity contribution in [2.45, 2.75) is 52.9 Å². The predicted octanol–water partition coefficient (Wildman–Crippen LogP) is 4.51. The van der Waals surface area contributed by atoms with E-state index in [0.717, 1.165) is 43.1 Å². The van der Waals surface area contributed by atoms with Gasteiger partial charge in [-0.1, -0.05) is 19.4 Å². The van der Waals surface area contributed by atoms with Crippen LogP contribution in [0, 0.1) is 0 Å². The van der Waals surface area contributed by atoms with Crippen LogP contribution in [0.4, 0.5) is 17.5 Å². The number of aryl methyl sites for hydroxylation is 3. The number of fused-ring (bicyclic) bond motifs is 1. The second-order valence-corrected chi connectivity index (χ2v) is 6.43. The second-order valence-electron chi connectivity index (χ2n) is 6.43. The lowest BCUT2D eigenvalue weighted by molar-refractivity contribution is 0.824. The quantitative estimate of drug-likeness (QED) is 0.813. The van der Waals surface area contributed by atoms with Gasteiger partial charge < -0.3 is 10.2 Å². The number of hydrogen-bond donors (Lipinski definition) is 1. The zero-order chi connectivity index (χ0) is 16.9. The van der Waals surface area contributed by atoms with E-state index in [1.807, 2.05) is 0 Å². The fourth-order valence-electron chi connectivity index (χ4n) is 3.41. The van der Waals surface area contributed by atoms with Gasteiger partial charge in [-0.15, -0.1) is 0 Å². The van der Waals surface area contributed by atoms with Crippen LogP contribution in [0.2, 0.25) is 0 Å². The lowest BCUT2D eigenvalue weighted by Gasteiger charge is -2.21. The van der Waals surface area contributed by atoms with E-state index >= 15 is 0 Å². The lowest BCUT2D eigenvalue weighted by atomic mass is 10.1. The summed E-state index contributed by atoms with van der Waals surface area (Å²) in [5.74, 6) is 1.72. The minimum absolute atomic E-state index is 0.709. The Labute approximate surface area is 145 Å². The number of anilines is 3. The number of nitrogens with zero attached hydrogens (tertiary/aromatic N) is 3. The van der Waals surface area contributed by atoms with Crippen molar-refractivity contribution in [1.29, 1.82) is 0 Å². The Morgan fingerprint density at radius 2 is 1.79 bits per heavy atom. The molecular formula is C20H28N4. The molecule has 0 radical (unpaired) electrons. The molecule has 1 N–H and O–H groups in total. The van der Waals surface area contributed by atoms with Gasteiger partial charge in [0.15, 0.2) is 0 Å². The maximum atomic E-state index is 4.75. The highest BCUT2D eigenvalue weighted by atomic mass is 15.2. The van der Waals surface area contributed by atoms with E-state index in [1.54, 1.807) is 0 Å². The van der Waals surface area contributed by atoms with E-state index in [9.17, 15) is 0 Å². The van der Waals surface area contributed by atoms with Gasteiger partial charge in [-0.25, -0.2) is 4.98 Å². The Morgan fingerprint density at radius 1 is 1.00 bits per heavy atom. The maximum Gasteiger partial charge on any atom is 0.229 e. The fraction of sp³-hybridized carbons (Fsp3) is 0.500. The third kappa shape index (κ3) is 3.69. The molecule has 0 amide bonds. The van der Waals surface area contributed by atoms with Crippen molar-refractivity contribution in [3.63, 3.8) is 0 Å². The zero-order valence-electron chi connectivity index (χ0n) is 15.1. The molecule has 1 aliphatic rings. The van der Waals surface area contributed by atoms with Gasteiger partial charge in [-0.3, -0.25) is 0 Å². The van der Waals surface area contributed by atoms with Gasteiger partial charge >= 0.3 is 0 Å². The summed E-state index contributed by atoms with van der Waals surface area (Å²) in [6.45, 7) is 8.43. The molecule has 4 heteroatoms. The lowest BCUT2D eigenvalue weighted by Crippen LogP contribution is -2.23. The van der Waals surface area contributed by atoms with Gasteiger partial charge in [0, 0.05) is 30.5 Å². The highest BCUT2D eigenvalue weighted by molar-refractivity contribution is 5.58. The summed E-state index contributed by atoms with van der Waals surface area (Å²) in [5.41, 5.74) is 5.16. The van der Waals surface area contributed by atoms with Crippen molar-refractivity contribution in [2.24, 2.45) is 0 Å². The molecule has 0 bridgehead atoms. The first-order chi connectivity index (χ1) is 11.7. The molecule has 4 nitrogen and oxygen atoms in total. The van der Waals surface area contributed by atoms with E-state index in [2.05, 4.69) is 55.3 Å². The Bertz CT molecular complexity index is 692. The van der Waals surface area contributed by atoms with E-state index in [0.29, 0.717) is 5.95 Å². The topological polar surface area (TPSA) is 41.1 Å². The molecule has 0 spiro atoms. The average molecular weight is 324 g/mol. The molecular weight excluding hydrogens is 296 g/mol. The van der Waals surface area contributed by atoms with Gasteiger partial charge in [-0.05, 0) is 62.8 Å². The molecule has 1 heterocycles. The Kier molecular flexibility index (Phi) is 5.34. The predicted molar refractivity (Wildman–Crippen MR) is 101 cm³/mol. The third-order valence-corrected chi connectivity index (χ3v) is 4.71. The number of benzene rings is 1. The molecule has 1 aliphatic carbocycles. The van der Waals surface area contributed by atoms with Crippen molar-refractivity contribution in [3.8, 4) is 0 Å². The molecule has 0 aliphatic heterocycles. The molecule has 128 valence electrons. The summed E-state index contributed by atoms with van der Waals surface area (Å²) in [4.78, 5) is 11.7. The summed E-state index contributed by atoms with van der Waals surface area (Å²) in [6, 6.07) is 8.78. The highest BCUT2D eigenvalue weighted by Crippen LogP contribution is 2.26.